The van der Waals surface area contributed by atoms with E-state index in [2.05, 4.69) is 11.8 Å². The van der Waals surface area contributed by atoms with Gasteiger partial charge in [0.05, 0.1) is 13.2 Å². The summed E-state index contributed by atoms with van der Waals surface area (Å²) in [6.45, 7) is 8.51. The van der Waals surface area contributed by atoms with E-state index in [1.807, 2.05) is 6.92 Å². The first-order valence-electron chi connectivity index (χ1n) is 10.7. The van der Waals surface area contributed by atoms with Gasteiger partial charge in [-0.3, -0.25) is 4.79 Å². The molecular formula is C23H34N2O6S. The Morgan fingerprint density at radius 3 is 2.62 bits per heavy atom. The van der Waals surface area contributed by atoms with Gasteiger partial charge in [-0.25, -0.2) is 8.42 Å². The molecule has 1 amide bonds. The summed E-state index contributed by atoms with van der Waals surface area (Å²) in [5.74, 6) is 5.39. The first-order valence-corrected chi connectivity index (χ1v) is 12.2. The molecule has 9 heteroatoms. The molecule has 0 aromatic heterocycles. The van der Waals surface area contributed by atoms with Gasteiger partial charge in [0.1, 0.15) is 22.4 Å². The molecule has 178 valence electrons. The Hall–Kier alpha value is -2.12. The minimum Gasteiger partial charge on any atom is -0.487 e. The van der Waals surface area contributed by atoms with E-state index in [1.54, 1.807) is 51.8 Å². The number of benzene rings is 1. The summed E-state index contributed by atoms with van der Waals surface area (Å²) < 4.78 is 34.3. The van der Waals surface area contributed by atoms with E-state index in [-0.39, 0.29) is 42.2 Å². The molecule has 0 saturated heterocycles. The summed E-state index contributed by atoms with van der Waals surface area (Å²) in [6, 6.07) is 3.91. The van der Waals surface area contributed by atoms with E-state index < -0.39 is 27.8 Å². The maximum Gasteiger partial charge on any atom is 0.247 e. The zero-order valence-corrected chi connectivity index (χ0v) is 20.4. The molecule has 0 spiro atoms. The van der Waals surface area contributed by atoms with Crippen LogP contribution >= 0.6 is 0 Å². The Labute approximate surface area is 191 Å². The lowest BCUT2D eigenvalue weighted by Crippen LogP contribution is -2.50. The first-order chi connectivity index (χ1) is 14.8. The Bertz CT molecular complexity index is 990. The molecular weight excluding hydrogens is 432 g/mol. The lowest BCUT2D eigenvalue weighted by atomic mass is 10.0. The van der Waals surface area contributed by atoms with Crippen LogP contribution in [-0.2, 0) is 14.8 Å². The summed E-state index contributed by atoms with van der Waals surface area (Å²) in [5, 5.41) is 19.6. The van der Waals surface area contributed by atoms with Crippen molar-refractivity contribution in [3.63, 3.8) is 0 Å². The molecule has 1 aromatic carbocycles. The van der Waals surface area contributed by atoms with Crippen LogP contribution in [0.25, 0.3) is 0 Å². The highest BCUT2D eigenvalue weighted by Crippen LogP contribution is 2.34. The smallest absolute Gasteiger partial charge is 0.247 e. The maximum atomic E-state index is 13.4. The molecule has 1 aromatic rings. The van der Waals surface area contributed by atoms with Crippen LogP contribution in [0.3, 0.4) is 0 Å². The Morgan fingerprint density at radius 2 is 2.06 bits per heavy atom. The number of amides is 1. The monoisotopic (exact) mass is 466 g/mol. The lowest BCUT2D eigenvalue weighted by molar-refractivity contribution is -0.131. The SMILES string of the molecule is CCC(=O)N(C)C[C@@H]1Oc2cc(C#CC(C)(C)O)ccc2S(=O)(=O)N([C@H](C)CO)C[C@@H]1C. The van der Waals surface area contributed by atoms with Gasteiger partial charge in [0.2, 0.25) is 15.9 Å². The predicted molar refractivity (Wildman–Crippen MR) is 122 cm³/mol. The molecule has 0 saturated carbocycles. The maximum absolute atomic E-state index is 13.4. The van der Waals surface area contributed by atoms with E-state index in [4.69, 9.17) is 4.74 Å². The van der Waals surface area contributed by atoms with Gasteiger partial charge < -0.3 is 19.8 Å². The number of carbonyl (C=O) groups excluding carboxylic acids is 1. The number of likely N-dealkylation sites (N-methyl/N-ethyl adjacent to an activating group) is 1. The largest absolute Gasteiger partial charge is 0.487 e. The third-order valence-corrected chi connectivity index (χ3v) is 7.38. The third kappa shape index (κ3) is 6.23. The zero-order chi connectivity index (χ0) is 24.3. The van der Waals surface area contributed by atoms with Crippen molar-refractivity contribution < 1.29 is 28.2 Å². The Morgan fingerprint density at radius 1 is 1.41 bits per heavy atom. The highest BCUT2D eigenvalue weighted by Gasteiger charge is 2.38. The van der Waals surface area contributed by atoms with E-state index in [1.165, 1.54) is 10.4 Å². The van der Waals surface area contributed by atoms with Crippen molar-refractivity contribution in [1.29, 1.82) is 0 Å². The fraction of sp³-hybridized carbons (Fsp3) is 0.609. The number of fused-ring (bicyclic) bond motifs is 1. The van der Waals surface area contributed by atoms with Crippen LogP contribution in [0.5, 0.6) is 5.75 Å². The lowest BCUT2D eigenvalue weighted by Gasteiger charge is -2.37. The number of aliphatic hydroxyl groups is 2. The Kier molecular flexibility index (Phi) is 8.34. The van der Waals surface area contributed by atoms with Gasteiger partial charge in [-0.1, -0.05) is 25.7 Å². The number of nitrogens with zero attached hydrogens (tertiary/aromatic N) is 2. The molecule has 0 radical (unpaired) electrons. The minimum atomic E-state index is -3.95. The van der Waals surface area contributed by atoms with Crippen molar-refractivity contribution in [1.82, 2.24) is 9.21 Å². The fourth-order valence-corrected chi connectivity index (χ4v) is 5.21. The summed E-state index contributed by atoms with van der Waals surface area (Å²) in [6.07, 6.45) is -0.122. The van der Waals surface area contributed by atoms with Crippen molar-refractivity contribution in [2.24, 2.45) is 5.92 Å². The van der Waals surface area contributed by atoms with Gasteiger partial charge in [-0.15, -0.1) is 0 Å². The standard InChI is InChI=1S/C23H34N2O6S/c1-7-22(27)24(6)14-20-16(2)13-25(17(3)15-26)32(29,30)21-9-8-18(12-19(21)31-20)10-11-23(4,5)28/h8-9,12,16-17,20,26,28H,7,13-15H2,1-6H3/t16-,17+,20-/m0/s1. The molecule has 8 nitrogen and oxygen atoms in total. The van der Waals surface area contributed by atoms with Crippen molar-refractivity contribution in [3.8, 4) is 17.6 Å². The van der Waals surface area contributed by atoms with Crippen LogP contribution in [0.2, 0.25) is 0 Å². The summed E-state index contributed by atoms with van der Waals surface area (Å²) in [7, 11) is -2.26. The van der Waals surface area contributed by atoms with Gasteiger partial charge in [0, 0.05) is 37.5 Å². The highest BCUT2D eigenvalue weighted by atomic mass is 32.2. The topological polar surface area (TPSA) is 107 Å². The van der Waals surface area contributed by atoms with Gasteiger partial charge in [-0.2, -0.15) is 4.31 Å². The highest BCUT2D eigenvalue weighted by molar-refractivity contribution is 7.89. The first kappa shape index (κ1) is 26.1. The predicted octanol–water partition coefficient (Wildman–Crippen LogP) is 1.45. The number of ether oxygens (including phenoxy) is 1. The number of aliphatic hydroxyl groups excluding tert-OH is 1. The summed E-state index contributed by atoms with van der Waals surface area (Å²) in [4.78, 5) is 13.7. The second kappa shape index (κ2) is 10.2. The second-order valence-electron chi connectivity index (χ2n) is 8.84. The third-order valence-electron chi connectivity index (χ3n) is 5.36. The van der Waals surface area contributed by atoms with Crippen LogP contribution in [0.15, 0.2) is 23.1 Å². The quantitative estimate of drug-likeness (QED) is 0.636. The number of sulfonamides is 1. The average Bonchev–Trinajstić information content (AvgIpc) is 2.72. The fourth-order valence-electron chi connectivity index (χ4n) is 3.39. The molecule has 1 heterocycles. The normalized spacial score (nSPS) is 21.8. The molecule has 32 heavy (non-hydrogen) atoms. The van der Waals surface area contributed by atoms with Crippen molar-refractivity contribution in [2.45, 2.75) is 63.7 Å². The molecule has 2 rings (SSSR count). The second-order valence-corrected chi connectivity index (χ2v) is 10.7. The molecule has 0 fully saturated rings. The molecule has 3 atom stereocenters. The average molecular weight is 467 g/mol. The minimum absolute atomic E-state index is 0.0204. The van der Waals surface area contributed by atoms with Gasteiger partial charge in [-0.05, 0) is 39.0 Å². The number of hydrogen-bond donors (Lipinski definition) is 2. The van der Waals surface area contributed by atoms with Crippen LogP contribution in [0, 0.1) is 17.8 Å². The van der Waals surface area contributed by atoms with Crippen LogP contribution < -0.4 is 4.74 Å². The van der Waals surface area contributed by atoms with Crippen molar-refractivity contribution >= 4 is 15.9 Å². The van der Waals surface area contributed by atoms with Gasteiger partial charge in [0.25, 0.3) is 0 Å². The Balaban J connectivity index is 2.60. The summed E-state index contributed by atoms with van der Waals surface area (Å²) in [5.41, 5.74) is -0.710. The van der Waals surface area contributed by atoms with Crippen LogP contribution in [-0.4, -0.2) is 78.2 Å². The number of carbonyl (C=O) groups is 1. The number of hydrogen-bond acceptors (Lipinski definition) is 6. The number of rotatable bonds is 5. The van der Waals surface area contributed by atoms with E-state index >= 15 is 0 Å². The molecule has 2 N–H and O–H groups in total. The molecule has 0 aliphatic carbocycles. The summed E-state index contributed by atoms with van der Waals surface area (Å²) >= 11 is 0. The van der Waals surface area contributed by atoms with Crippen molar-refractivity contribution in [2.75, 3.05) is 26.7 Å². The van der Waals surface area contributed by atoms with E-state index in [0.717, 1.165) is 0 Å². The zero-order valence-electron chi connectivity index (χ0n) is 19.6. The van der Waals surface area contributed by atoms with Gasteiger partial charge >= 0.3 is 0 Å². The van der Waals surface area contributed by atoms with E-state index in [0.29, 0.717) is 12.0 Å². The molecule has 0 bridgehead atoms. The molecule has 1 aliphatic heterocycles. The van der Waals surface area contributed by atoms with Crippen molar-refractivity contribution in [3.05, 3.63) is 23.8 Å². The van der Waals surface area contributed by atoms with Crippen LogP contribution in [0.1, 0.15) is 46.6 Å². The molecule has 1 aliphatic rings. The van der Waals surface area contributed by atoms with Gasteiger partial charge in [0.15, 0.2) is 0 Å². The molecule has 0 unspecified atom stereocenters. The van der Waals surface area contributed by atoms with Crippen LogP contribution in [0.4, 0.5) is 0 Å². The van der Waals surface area contributed by atoms with E-state index in [9.17, 15) is 23.4 Å².